The Hall–Kier alpha value is -2.67. The van der Waals surface area contributed by atoms with Crippen LogP contribution in [0.25, 0.3) is 0 Å². The van der Waals surface area contributed by atoms with Gasteiger partial charge in [0.15, 0.2) is 5.17 Å². The summed E-state index contributed by atoms with van der Waals surface area (Å²) in [7, 11) is 0. The number of nitrogens with one attached hydrogen (secondary N) is 2. The maximum absolute atomic E-state index is 13.0. The van der Waals surface area contributed by atoms with Crippen LogP contribution in [-0.4, -0.2) is 22.2 Å². The van der Waals surface area contributed by atoms with Crippen molar-refractivity contribution < 1.29 is 14.0 Å². The summed E-state index contributed by atoms with van der Waals surface area (Å²) in [5.41, 5.74) is 2.64. The summed E-state index contributed by atoms with van der Waals surface area (Å²) in [5, 5.41) is 5.40. The Bertz CT molecular complexity index is 938. The van der Waals surface area contributed by atoms with E-state index in [0.29, 0.717) is 16.8 Å². The first-order valence-electron chi connectivity index (χ1n) is 10.3. The fraction of sp³-hybridized carbons (Fsp3) is 0.348. The molecule has 4 rings (SSSR count). The molecule has 2 aromatic carbocycles. The van der Waals surface area contributed by atoms with E-state index in [-0.39, 0.29) is 24.1 Å². The number of aliphatic imine (C=N–C) groups is 1. The largest absolute Gasteiger partial charge is 0.326 e. The monoisotopic (exact) mass is 425 g/mol. The van der Waals surface area contributed by atoms with Crippen molar-refractivity contribution in [3.05, 3.63) is 59.9 Å². The zero-order valence-electron chi connectivity index (χ0n) is 16.6. The van der Waals surface area contributed by atoms with Crippen LogP contribution in [0.2, 0.25) is 0 Å². The molecule has 1 saturated carbocycles. The van der Waals surface area contributed by atoms with Gasteiger partial charge in [0.2, 0.25) is 11.8 Å². The third-order valence-electron chi connectivity index (χ3n) is 5.48. The van der Waals surface area contributed by atoms with Crippen molar-refractivity contribution in [3.63, 3.8) is 0 Å². The summed E-state index contributed by atoms with van der Waals surface area (Å²) in [5.74, 6) is -0.254. The second-order valence-electron chi connectivity index (χ2n) is 7.70. The predicted octanol–water partition coefficient (Wildman–Crippen LogP) is 5.12. The van der Waals surface area contributed by atoms with E-state index in [2.05, 4.69) is 27.8 Å². The van der Waals surface area contributed by atoms with Gasteiger partial charge in [-0.1, -0.05) is 43.2 Å². The number of nitrogens with zero attached hydrogens (tertiary/aromatic N) is 1. The summed E-state index contributed by atoms with van der Waals surface area (Å²) in [6.07, 6.45) is 6.46. The molecule has 1 heterocycles. The van der Waals surface area contributed by atoms with E-state index in [4.69, 9.17) is 0 Å². The van der Waals surface area contributed by atoms with Crippen molar-refractivity contribution in [1.82, 2.24) is 5.32 Å². The molecule has 5 nitrogen and oxygen atoms in total. The number of hydrogen-bond acceptors (Lipinski definition) is 4. The van der Waals surface area contributed by atoms with Gasteiger partial charge in [0.05, 0.1) is 5.69 Å². The number of carbonyl (C=O) groups excluding carboxylic acids is 2. The van der Waals surface area contributed by atoms with Crippen molar-refractivity contribution in [3.8, 4) is 0 Å². The van der Waals surface area contributed by atoms with E-state index in [1.165, 1.54) is 73.7 Å². The zero-order valence-corrected chi connectivity index (χ0v) is 17.4. The number of amides is 2. The second kappa shape index (κ2) is 9.43. The number of amidine groups is 1. The minimum absolute atomic E-state index is 0.0213. The number of carbonyl (C=O) groups is 2. The lowest BCUT2D eigenvalue weighted by Gasteiger charge is -2.21. The Balaban J connectivity index is 1.33. The lowest BCUT2D eigenvalue weighted by Crippen LogP contribution is -2.28. The molecule has 156 valence electrons. The van der Waals surface area contributed by atoms with E-state index < -0.39 is 5.25 Å². The highest BCUT2D eigenvalue weighted by Crippen LogP contribution is 2.33. The quantitative estimate of drug-likeness (QED) is 0.698. The van der Waals surface area contributed by atoms with E-state index >= 15 is 0 Å². The van der Waals surface area contributed by atoms with Crippen LogP contribution in [0.15, 0.2) is 53.5 Å². The Labute approximate surface area is 179 Å². The maximum Gasteiger partial charge on any atom is 0.240 e. The van der Waals surface area contributed by atoms with E-state index in [9.17, 15) is 14.0 Å². The van der Waals surface area contributed by atoms with Crippen molar-refractivity contribution in [2.24, 2.45) is 4.99 Å². The third kappa shape index (κ3) is 5.27. The number of anilines is 1. The summed E-state index contributed by atoms with van der Waals surface area (Å²) >= 11 is 1.26. The van der Waals surface area contributed by atoms with Gasteiger partial charge in [0.25, 0.3) is 0 Å². The normalized spacial score (nSPS) is 20.9. The van der Waals surface area contributed by atoms with Gasteiger partial charge in [0, 0.05) is 12.1 Å². The molecule has 7 heteroatoms. The summed E-state index contributed by atoms with van der Waals surface area (Å²) in [6.45, 7) is 0. The highest BCUT2D eigenvalue weighted by molar-refractivity contribution is 8.15. The molecule has 2 amide bonds. The molecule has 1 saturated heterocycles. The minimum Gasteiger partial charge on any atom is -0.326 e. The number of halogens is 1. The van der Waals surface area contributed by atoms with Crippen LogP contribution in [0.4, 0.5) is 15.8 Å². The molecule has 30 heavy (non-hydrogen) atoms. The molecule has 2 aliphatic rings. The standard InChI is InChI=1S/C23H24FN3O2S/c24-17-8-12-18(13-9-17)25-21(28)14-20-22(29)27-23(30-20)26-19-10-6-16(7-11-19)15-4-2-1-3-5-15/h6-13,15,20H,1-5,14H2,(H,25,28)(H,26,27,29). The molecule has 1 aliphatic heterocycles. The van der Waals surface area contributed by atoms with Gasteiger partial charge in [0.1, 0.15) is 11.1 Å². The average molecular weight is 426 g/mol. The third-order valence-corrected chi connectivity index (χ3v) is 6.56. The van der Waals surface area contributed by atoms with Gasteiger partial charge in [-0.05, 0) is 60.7 Å². The fourth-order valence-corrected chi connectivity index (χ4v) is 4.87. The molecular formula is C23H24FN3O2S. The molecule has 2 N–H and O–H groups in total. The van der Waals surface area contributed by atoms with E-state index in [0.717, 1.165) is 5.69 Å². The van der Waals surface area contributed by atoms with Crippen LogP contribution < -0.4 is 10.6 Å². The highest BCUT2D eigenvalue weighted by Gasteiger charge is 2.32. The zero-order chi connectivity index (χ0) is 20.9. The lowest BCUT2D eigenvalue weighted by molar-refractivity contribution is -0.122. The molecular weight excluding hydrogens is 401 g/mol. The van der Waals surface area contributed by atoms with Crippen molar-refractivity contribution in [2.45, 2.75) is 49.7 Å². The van der Waals surface area contributed by atoms with E-state index in [1.807, 2.05) is 12.1 Å². The Morgan fingerprint density at radius 2 is 1.77 bits per heavy atom. The predicted molar refractivity (Wildman–Crippen MR) is 119 cm³/mol. The molecule has 0 radical (unpaired) electrons. The van der Waals surface area contributed by atoms with Crippen LogP contribution in [0.5, 0.6) is 0 Å². The van der Waals surface area contributed by atoms with Crippen molar-refractivity contribution in [2.75, 3.05) is 5.32 Å². The highest BCUT2D eigenvalue weighted by atomic mass is 32.2. The van der Waals surface area contributed by atoms with Crippen molar-refractivity contribution in [1.29, 1.82) is 0 Å². The van der Waals surface area contributed by atoms with Gasteiger partial charge in [-0.25, -0.2) is 9.38 Å². The van der Waals surface area contributed by atoms with Gasteiger partial charge < -0.3 is 10.6 Å². The first-order valence-corrected chi connectivity index (χ1v) is 11.2. The van der Waals surface area contributed by atoms with Gasteiger partial charge in [-0.15, -0.1) is 0 Å². The van der Waals surface area contributed by atoms with Crippen LogP contribution in [0, 0.1) is 5.82 Å². The molecule has 1 atom stereocenters. The van der Waals surface area contributed by atoms with Crippen LogP contribution >= 0.6 is 11.8 Å². The van der Waals surface area contributed by atoms with Crippen LogP contribution in [-0.2, 0) is 9.59 Å². The molecule has 0 aromatic heterocycles. The van der Waals surface area contributed by atoms with Gasteiger partial charge >= 0.3 is 0 Å². The smallest absolute Gasteiger partial charge is 0.240 e. The summed E-state index contributed by atoms with van der Waals surface area (Å²) < 4.78 is 13.0. The first-order chi connectivity index (χ1) is 14.6. The molecule has 0 bridgehead atoms. The molecule has 1 aliphatic carbocycles. The van der Waals surface area contributed by atoms with Crippen LogP contribution in [0.1, 0.15) is 50.0 Å². The molecule has 2 aromatic rings. The summed E-state index contributed by atoms with van der Waals surface area (Å²) in [6, 6.07) is 13.7. The molecule has 2 fully saturated rings. The number of thioether (sulfide) groups is 1. The second-order valence-corrected chi connectivity index (χ2v) is 8.89. The fourth-order valence-electron chi connectivity index (χ4n) is 3.88. The Kier molecular flexibility index (Phi) is 6.47. The van der Waals surface area contributed by atoms with E-state index in [1.54, 1.807) is 0 Å². The summed E-state index contributed by atoms with van der Waals surface area (Å²) in [4.78, 5) is 29.0. The van der Waals surface area contributed by atoms with Gasteiger partial charge in [-0.3, -0.25) is 9.59 Å². The van der Waals surface area contributed by atoms with Gasteiger partial charge in [-0.2, -0.15) is 0 Å². The first kappa shape index (κ1) is 20.6. The number of hydrogen-bond donors (Lipinski definition) is 2. The molecule has 1 unspecified atom stereocenters. The van der Waals surface area contributed by atoms with Crippen LogP contribution in [0.3, 0.4) is 0 Å². The average Bonchev–Trinajstić information content (AvgIpc) is 3.09. The number of benzene rings is 2. The van der Waals surface area contributed by atoms with Crippen molar-refractivity contribution >= 4 is 40.1 Å². The lowest BCUT2D eigenvalue weighted by atomic mass is 9.84. The SMILES string of the molecule is O=C(CC1SC(=Nc2ccc(C3CCCCC3)cc2)NC1=O)Nc1ccc(F)cc1. The minimum atomic E-state index is -0.536. The Morgan fingerprint density at radius 3 is 2.47 bits per heavy atom. The topological polar surface area (TPSA) is 70.6 Å². The molecule has 0 spiro atoms. The Morgan fingerprint density at radius 1 is 1.07 bits per heavy atom. The maximum atomic E-state index is 13.0. The number of rotatable bonds is 5.